The summed E-state index contributed by atoms with van der Waals surface area (Å²) in [6.07, 6.45) is -1.38. The minimum Gasteiger partial charge on any atom is -0.399 e. The van der Waals surface area contributed by atoms with Gasteiger partial charge in [0, 0.05) is 30.9 Å². The van der Waals surface area contributed by atoms with Crippen molar-refractivity contribution in [3.05, 3.63) is 137 Å². The Morgan fingerprint density at radius 1 is 0.736 bits per heavy atom. The van der Waals surface area contributed by atoms with E-state index in [-0.39, 0.29) is 50.9 Å². The van der Waals surface area contributed by atoms with E-state index in [1.807, 2.05) is 78.9 Å². The highest BCUT2D eigenvalue weighted by atomic mass is 31.2. The molecule has 0 aromatic heterocycles. The molecule has 0 saturated carbocycles. The second-order valence-corrected chi connectivity index (χ2v) is 15.4. The fourth-order valence-corrected chi connectivity index (χ4v) is 8.51. The molecule has 1 saturated heterocycles. The van der Waals surface area contributed by atoms with Crippen molar-refractivity contribution in [3.63, 3.8) is 0 Å². The minimum atomic E-state index is -3.22. The second-order valence-electron chi connectivity index (χ2n) is 13.3. The Balaban J connectivity index is 1.44. The van der Waals surface area contributed by atoms with Crippen molar-refractivity contribution in [1.29, 1.82) is 0 Å². The highest BCUT2D eigenvalue weighted by Crippen LogP contribution is 2.48. The molecule has 282 valence electrons. The van der Waals surface area contributed by atoms with Gasteiger partial charge in [-0.15, -0.1) is 0 Å². The fraction of sp³-hybridized carbons (Fsp3) is 0.366. The van der Waals surface area contributed by atoms with Crippen molar-refractivity contribution >= 4 is 25.2 Å². The quantitative estimate of drug-likeness (QED) is 0.0581. The summed E-state index contributed by atoms with van der Waals surface area (Å²) in [5, 5.41) is 26.9. The summed E-state index contributed by atoms with van der Waals surface area (Å²) in [6, 6.07) is 31.6. The van der Waals surface area contributed by atoms with Crippen LogP contribution in [-0.4, -0.2) is 82.2 Å². The SMILES string of the molecule is CCOP(=O)(CCCNC(=O)c1cccc(CN2C(=O)N(Cc3cccc(N)c3)[C@H](Cc3ccccc3)[C@H](O)[C@@H](O)[C@H]2Cc2ccccc2)c1)OCC. The first-order chi connectivity index (χ1) is 25.6. The Hall–Kier alpha value is -4.51. The molecule has 12 heteroatoms. The zero-order valence-electron chi connectivity index (χ0n) is 30.4. The highest BCUT2D eigenvalue weighted by Gasteiger charge is 2.46. The van der Waals surface area contributed by atoms with Crippen LogP contribution in [-0.2, 0) is 39.5 Å². The van der Waals surface area contributed by atoms with Gasteiger partial charge in [0.05, 0.1) is 31.5 Å². The van der Waals surface area contributed by atoms with E-state index in [9.17, 15) is 24.4 Å². The Bertz CT molecular complexity index is 1820. The van der Waals surface area contributed by atoms with Crippen molar-refractivity contribution in [1.82, 2.24) is 15.1 Å². The van der Waals surface area contributed by atoms with E-state index >= 15 is 0 Å². The molecule has 53 heavy (non-hydrogen) atoms. The first-order valence-electron chi connectivity index (χ1n) is 18.2. The highest BCUT2D eigenvalue weighted by molar-refractivity contribution is 7.53. The smallest absolute Gasteiger partial charge is 0.330 e. The van der Waals surface area contributed by atoms with Gasteiger partial charge in [-0.3, -0.25) is 9.36 Å². The van der Waals surface area contributed by atoms with Crippen molar-refractivity contribution in [2.24, 2.45) is 0 Å². The van der Waals surface area contributed by atoms with Gasteiger partial charge in [0.25, 0.3) is 5.91 Å². The standard InChI is InChI=1S/C41H51N4O7P/c1-3-51-53(50,52-4-2)23-13-22-43-40(48)34-20-11-18-32(24-34)28-44-36(26-30-14-7-5-8-15-30)38(46)39(47)37(27-31-16-9-6-10-17-31)45(41(44)49)29-33-19-12-21-35(42)25-33/h5-12,14-21,24-25,36-39,46-47H,3-4,13,22-23,26-29,42H2,1-2H3,(H,43,48)/t36-,37-,38+,39+/m1/s1. The van der Waals surface area contributed by atoms with Crippen molar-refractivity contribution in [2.45, 2.75) is 70.5 Å². The lowest BCUT2D eigenvalue weighted by Gasteiger charge is -2.36. The van der Waals surface area contributed by atoms with E-state index in [0.717, 1.165) is 16.7 Å². The number of carbonyl (C=O) groups excluding carboxylic acids is 2. The summed E-state index contributed by atoms with van der Waals surface area (Å²) in [5.74, 6) is -0.320. The molecule has 3 amide bonds. The predicted octanol–water partition coefficient (Wildman–Crippen LogP) is 6.04. The van der Waals surface area contributed by atoms with Gasteiger partial charge in [-0.25, -0.2) is 4.79 Å². The summed E-state index contributed by atoms with van der Waals surface area (Å²) in [5.41, 5.74) is 10.4. The van der Waals surface area contributed by atoms with Gasteiger partial charge in [-0.1, -0.05) is 84.9 Å². The molecule has 4 atom stereocenters. The maximum atomic E-state index is 15.0. The van der Waals surface area contributed by atoms with Crippen LogP contribution in [0.1, 0.15) is 52.9 Å². The maximum Gasteiger partial charge on any atom is 0.330 e. The molecular formula is C41H51N4O7P. The number of nitrogens with two attached hydrogens (primary N) is 1. The summed E-state index contributed by atoms with van der Waals surface area (Å²) in [4.78, 5) is 31.5. The molecule has 1 aliphatic heterocycles. The topological polar surface area (TPSA) is 155 Å². The number of nitrogens with zero attached hydrogens (tertiary/aromatic N) is 2. The third-order valence-corrected chi connectivity index (χ3v) is 11.6. The van der Waals surface area contributed by atoms with E-state index in [0.29, 0.717) is 36.1 Å². The Kier molecular flexibility index (Phi) is 14.2. The van der Waals surface area contributed by atoms with Crippen LogP contribution in [0, 0.1) is 0 Å². The molecule has 5 rings (SSSR count). The predicted molar refractivity (Wildman–Crippen MR) is 206 cm³/mol. The van der Waals surface area contributed by atoms with E-state index in [2.05, 4.69) is 5.32 Å². The number of aliphatic hydroxyl groups is 2. The first kappa shape index (κ1) is 39.7. The van der Waals surface area contributed by atoms with E-state index in [4.69, 9.17) is 14.8 Å². The molecule has 0 aliphatic carbocycles. The third kappa shape index (κ3) is 10.8. The molecular weight excluding hydrogens is 691 g/mol. The van der Waals surface area contributed by atoms with Gasteiger partial charge in [0.2, 0.25) is 0 Å². The van der Waals surface area contributed by atoms with Crippen LogP contribution in [0.25, 0.3) is 0 Å². The monoisotopic (exact) mass is 742 g/mol. The summed E-state index contributed by atoms with van der Waals surface area (Å²) < 4.78 is 23.5. The first-order valence-corrected chi connectivity index (χ1v) is 19.9. The number of anilines is 1. The Morgan fingerprint density at radius 3 is 1.74 bits per heavy atom. The Morgan fingerprint density at radius 2 is 1.23 bits per heavy atom. The number of hydrogen-bond donors (Lipinski definition) is 4. The second kappa shape index (κ2) is 19.0. The van der Waals surface area contributed by atoms with Crippen LogP contribution >= 0.6 is 7.60 Å². The zero-order chi connectivity index (χ0) is 37.8. The fourth-order valence-electron chi connectivity index (χ4n) is 6.85. The van der Waals surface area contributed by atoms with Gasteiger partial charge in [-0.2, -0.15) is 0 Å². The molecule has 0 spiro atoms. The molecule has 1 aliphatic rings. The molecule has 4 aromatic carbocycles. The van der Waals surface area contributed by atoms with Crippen LogP contribution in [0.4, 0.5) is 10.5 Å². The molecule has 0 unspecified atom stereocenters. The van der Waals surface area contributed by atoms with Gasteiger partial charge in [-0.05, 0) is 79.6 Å². The molecule has 0 bridgehead atoms. The summed E-state index contributed by atoms with van der Waals surface area (Å²) in [6.45, 7) is 4.54. The lowest BCUT2D eigenvalue weighted by atomic mass is 9.91. The summed E-state index contributed by atoms with van der Waals surface area (Å²) >= 11 is 0. The van der Waals surface area contributed by atoms with E-state index in [1.165, 1.54) is 0 Å². The van der Waals surface area contributed by atoms with Crippen LogP contribution < -0.4 is 11.1 Å². The van der Waals surface area contributed by atoms with E-state index in [1.54, 1.807) is 54.0 Å². The number of hydrogen-bond acceptors (Lipinski definition) is 8. The normalized spacial score (nSPS) is 19.2. The van der Waals surface area contributed by atoms with Crippen molar-refractivity contribution in [3.8, 4) is 0 Å². The number of urea groups is 1. The maximum absolute atomic E-state index is 15.0. The Labute approximate surface area is 312 Å². The van der Waals surface area contributed by atoms with Crippen molar-refractivity contribution in [2.75, 3.05) is 31.7 Å². The minimum absolute atomic E-state index is 0.0681. The average molecular weight is 743 g/mol. The van der Waals surface area contributed by atoms with Gasteiger partial charge in [0.15, 0.2) is 0 Å². The van der Waals surface area contributed by atoms with Crippen LogP contribution in [0.5, 0.6) is 0 Å². The van der Waals surface area contributed by atoms with Gasteiger partial charge >= 0.3 is 13.6 Å². The van der Waals surface area contributed by atoms with Crippen molar-refractivity contribution < 1.29 is 33.4 Å². The van der Waals surface area contributed by atoms with E-state index < -0.39 is 31.9 Å². The number of rotatable bonds is 17. The number of carbonyl (C=O) groups is 2. The molecule has 5 N–H and O–H groups in total. The number of amides is 3. The molecule has 1 fully saturated rings. The molecule has 1 heterocycles. The third-order valence-electron chi connectivity index (χ3n) is 9.40. The number of benzene rings is 4. The summed E-state index contributed by atoms with van der Waals surface area (Å²) in [7, 11) is -3.22. The zero-order valence-corrected chi connectivity index (χ0v) is 31.3. The van der Waals surface area contributed by atoms with Crippen LogP contribution in [0.2, 0.25) is 0 Å². The average Bonchev–Trinajstić information content (AvgIpc) is 3.21. The number of aliphatic hydroxyl groups excluding tert-OH is 2. The van der Waals surface area contributed by atoms with Crippen LogP contribution in [0.15, 0.2) is 109 Å². The lowest BCUT2D eigenvalue weighted by molar-refractivity contribution is -0.0408. The van der Waals surface area contributed by atoms with Crippen LogP contribution in [0.3, 0.4) is 0 Å². The lowest BCUT2D eigenvalue weighted by Crippen LogP contribution is -2.50. The largest absolute Gasteiger partial charge is 0.399 e. The van der Waals surface area contributed by atoms with Gasteiger partial charge in [0.1, 0.15) is 12.2 Å². The number of nitrogen functional groups attached to an aromatic ring is 1. The molecule has 4 aromatic rings. The molecule has 0 radical (unpaired) electrons. The van der Waals surface area contributed by atoms with Gasteiger partial charge < -0.3 is 40.1 Å². The molecule has 11 nitrogen and oxygen atoms in total. The number of nitrogens with one attached hydrogen (secondary N) is 1.